The summed E-state index contributed by atoms with van der Waals surface area (Å²) in [6.45, 7) is 3.19. The van der Waals surface area contributed by atoms with Crippen molar-refractivity contribution < 1.29 is 9.53 Å². The maximum atomic E-state index is 11.2. The van der Waals surface area contributed by atoms with E-state index in [4.69, 9.17) is 4.74 Å². The second-order valence-electron chi connectivity index (χ2n) is 4.03. The second kappa shape index (κ2) is 4.93. The third-order valence-electron chi connectivity index (χ3n) is 2.89. The molecule has 2 heterocycles. The highest BCUT2D eigenvalue weighted by Crippen LogP contribution is 2.24. The Morgan fingerprint density at radius 3 is 2.81 bits per heavy atom. The van der Waals surface area contributed by atoms with Crippen molar-refractivity contribution in [3.05, 3.63) is 11.1 Å². The maximum absolute atomic E-state index is 11.2. The van der Waals surface area contributed by atoms with Crippen molar-refractivity contribution in [2.75, 3.05) is 25.2 Å². The van der Waals surface area contributed by atoms with Gasteiger partial charge in [-0.3, -0.25) is 4.79 Å². The fourth-order valence-corrected chi connectivity index (χ4v) is 2.72. The van der Waals surface area contributed by atoms with Crippen molar-refractivity contribution in [3.8, 4) is 0 Å². The lowest BCUT2D eigenvalue weighted by Gasteiger charge is -2.30. The smallest absolute Gasteiger partial charge is 0.185 e. The van der Waals surface area contributed by atoms with E-state index >= 15 is 0 Å². The molecule has 4 nitrogen and oxygen atoms in total. The number of hydrogen-bond donors (Lipinski definition) is 0. The summed E-state index contributed by atoms with van der Waals surface area (Å²) in [6.07, 6.45) is 2.07. The fraction of sp³-hybridized carbons (Fsp3) is 0.636. The molecule has 0 atom stereocenters. The summed E-state index contributed by atoms with van der Waals surface area (Å²) in [6, 6.07) is 0.486. The highest BCUT2D eigenvalue weighted by molar-refractivity contribution is 7.13. The van der Waals surface area contributed by atoms with E-state index in [-0.39, 0.29) is 5.78 Å². The Morgan fingerprint density at radius 1 is 1.56 bits per heavy atom. The average molecular weight is 240 g/mol. The number of Topliss-reactive ketones (excluding diaryl/α,β-unsaturated/α-hetero) is 1. The van der Waals surface area contributed by atoms with Crippen molar-refractivity contribution in [2.24, 2.45) is 0 Å². The number of carbonyl (C=O) groups is 1. The largest absolute Gasteiger partial charge is 0.381 e. The zero-order valence-corrected chi connectivity index (χ0v) is 10.4. The Bertz CT molecular complexity index is 372. The summed E-state index contributed by atoms with van der Waals surface area (Å²) >= 11 is 1.53. The van der Waals surface area contributed by atoms with Gasteiger partial charge in [-0.15, -0.1) is 11.3 Å². The molecule has 1 aliphatic heterocycles. The first-order valence-corrected chi connectivity index (χ1v) is 6.33. The summed E-state index contributed by atoms with van der Waals surface area (Å²) < 4.78 is 5.33. The van der Waals surface area contributed by atoms with E-state index in [1.54, 1.807) is 6.92 Å². The molecule has 1 aromatic heterocycles. The van der Waals surface area contributed by atoms with Crippen LogP contribution in [0.15, 0.2) is 5.38 Å². The molecule has 5 heteroatoms. The number of rotatable bonds is 3. The molecular weight excluding hydrogens is 224 g/mol. The molecule has 0 saturated carbocycles. The number of aromatic nitrogens is 1. The number of carbonyl (C=O) groups excluding carboxylic acids is 1. The van der Waals surface area contributed by atoms with E-state index in [0.29, 0.717) is 11.7 Å². The predicted molar refractivity (Wildman–Crippen MR) is 64.4 cm³/mol. The molecule has 0 aliphatic carbocycles. The van der Waals surface area contributed by atoms with Crippen LogP contribution in [0.1, 0.15) is 30.3 Å². The van der Waals surface area contributed by atoms with Gasteiger partial charge in [0, 0.05) is 38.6 Å². The topological polar surface area (TPSA) is 42.4 Å². The number of thiazole rings is 1. The van der Waals surface area contributed by atoms with Gasteiger partial charge in [-0.2, -0.15) is 0 Å². The summed E-state index contributed by atoms with van der Waals surface area (Å²) in [5.41, 5.74) is 0.568. The molecule has 0 aromatic carbocycles. The molecule has 0 radical (unpaired) electrons. The highest BCUT2D eigenvalue weighted by atomic mass is 32.1. The van der Waals surface area contributed by atoms with Crippen molar-refractivity contribution in [2.45, 2.75) is 25.8 Å². The van der Waals surface area contributed by atoms with Gasteiger partial charge < -0.3 is 9.64 Å². The summed E-state index contributed by atoms with van der Waals surface area (Å²) in [7, 11) is 2.04. The van der Waals surface area contributed by atoms with Gasteiger partial charge in [0.2, 0.25) is 0 Å². The number of anilines is 1. The van der Waals surface area contributed by atoms with Crippen LogP contribution in [-0.2, 0) is 4.74 Å². The highest BCUT2D eigenvalue weighted by Gasteiger charge is 2.21. The van der Waals surface area contributed by atoms with Crippen molar-refractivity contribution in [3.63, 3.8) is 0 Å². The van der Waals surface area contributed by atoms with Crippen molar-refractivity contribution >= 4 is 22.3 Å². The minimum absolute atomic E-state index is 0.0304. The zero-order valence-electron chi connectivity index (χ0n) is 9.60. The van der Waals surface area contributed by atoms with E-state index < -0.39 is 0 Å². The molecule has 0 bridgehead atoms. The van der Waals surface area contributed by atoms with E-state index in [1.807, 2.05) is 12.4 Å². The van der Waals surface area contributed by atoms with E-state index in [0.717, 1.165) is 31.2 Å². The molecule has 1 fully saturated rings. The first-order valence-electron chi connectivity index (χ1n) is 5.45. The lowest BCUT2D eigenvalue weighted by Crippen LogP contribution is -2.36. The Hall–Kier alpha value is -0.940. The van der Waals surface area contributed by atoms with Crippen LogP contribution in [0.2, 0.25) is 0 Å². The van der Waals surface area contributed by atoms with E-state index in [9.17, 15) is 4.79 Å². The zero-order chi connectivity index (χ0) is 11.5. The Labute approximate surface area is 99.2 Å². The van der Waals surface area contributed by atoms with Gasteiger partial charge in [-0.25, -0.2) is 4.98 Å². The predicted octanol–water partition coefficient (Wildman–Crippen LogP) is 1.96. The fourth-order valence-electron chi connectivity index (χ4n) is 1.82. The van der Waals surface area contributed by atoms with Crippen LogP contribution in [0.4, 0.5) is 5.13 Å². The lowest BCUT2D eigenvalue weighted by atomic mass is 10.1. The van der Waals surface area contributed by atoms with Crippen molar-refractivity contribution in [1.29, 1.82) is 0 Å². The van der Waals surface area contributed by atoms with E-state index in [1.165, 1.54) is 11.3 Å². The number of nitrogens with zero attached hydrogens (tertiary/aromatic N) is 2. The van der Waals surface area contributed by atoms with Crippen LogP contribution in [0, 0.1) is 0 Å². The van der Waals surface area contributed by atoms with Gasteiger partial charge in [0.05, 0.1) is 0 Å². The SMILES string of the molecule is CC(=O)c1csc(N(C)C2CCOCC2)n1. The van der Waals surface area contributed by atoms with Crippen LogP contribution in [0.5, 0.6) is 0 Å². The quantitative estimate of drug-likeness (QED) is 0.757. The molecule has 0 spiro atoms. The first kappa shape index (κ1) is 11.5. The second-order valence-corrected chi connectivity index (χ2v) is 4.86. The van der Waals surface area contributed by atoms with Gasteiger partial charge >= 0.3 is 0 Å². The Morgan fingerprint density at radius 2 is 2.25 bits per heavy atom. The van der Waals surface area contributed by atoms with Crippen LogP contribution < -0.4 is 4.90 Å². The lowest BCUT2D eigenvalue weighted by molar-refractivity contribution is 0.0854. The monoisotopic (exact) mass is 240 g/mol. The maximum Gasteiger partial charge on any atom is 0.185 e. The van der Waals surface area contributed by atoms with E-state index in [2.05, 4.69) is 9.88 Å². The minimum atomic E-state index is 0.0304. The molecule has 0 amide bonds. The summed E-state index contributed by atoms with van der Waals surface area (Å²) in [4.78, 5) is 17.7. The molecule has 88 valence electrons. The van der Waals surface area contributed by atoms with Gasteiger partial charge in [0.25, 0.3) is 0 Å². The number of hydrogen-bond acceptors (Lipinski definition) is 5. The van der Waals surface area contributed by atoms with Crippen molar-refractivity contribution in [1.82, 2.24) is 4.98 Å². The van der Waals surface area contributed by atoms with Gasteiger partial charge in [-0.05, 0) is 12.8 Å². The Balaban J connectivity index is 2.07. The molecule has 1 aromatic rings. The minimum Gasteiger partial charge on any atom is -0.381 e. The summed E-state index contributed by atoms with van der Waals surface area (Å²) in [5, 5.41) is 2.75. The third kappa shape index (κ3) is 2.41. The van der Waals surface area contributed by atoms with Crippen LogP contribution >= 0.6 is 11.3 Å². The van der Waals surface area contributed by atoms with Gasteiger partial charge in [0.1, 0.15) is 5.69 Å². The molecule has 1 saturated heterocycles. The molecule has 0 N–H and O–H groups in total. The molecule has 16 heavy (non-hydrogen) atoms. The van der Waals surface area contributed by atoms with Crippen LogP contribution in [0.25, 0.3) is 0 Å². The van der Waals surface area contributed by atoms with Gasteiger partial charge in [-0.1, -0.05) is 0 Å². The number of ketones is 1. The number of ether oxygens (including phenoxy) is 1. The first-order chi connectivity index (χ1) is 7.68. The van der Waals surface area contributed by atoms with Crippen LogP contribution in [-0.4, -0.2) is 37.1 Å². The molecule has 0 unspecified atom stereocenters. The molecule has 1 aliphatic rings. The van der Waals surface area contributed by atoms with Gasteiger partial charge in [0.15, 0.2) is 10.9 Å². The standard InChI is InChI=1S/C11H16N2O2S/c1-8(14)10-7-16-11(12-10)13(2)9-3-5-15-6-4-9/h7,9H,3-6H2,1-2H3. The summed E-state index contributed by atoms with van der Waals surface area (Å²) in [5.74, 6) is 0.0304. The average Bonchev–Trinajstić information content (AvgIpc) is 2.78. The molecular formula is C11H16N2O2S. The normalized spacial score (nSPS) is 17.4. The molecule has 2 rings (SSSR count). The van der Waals surface area contributed by atoms with Crippen LogP contribution in [0.3, 0.4) is 0 Å². The third-order valence-corrected chi connectivity index (χ3v) is 3.82. The Kier molecular flexibility index (Phi) is 3.56.